The molecule has 66 valence electrons. The first-order valence-electron chi connectivity index (χ1n) is 4.53. The van der Waals surface area contributed by atoms with E-state index in [1.165, 1.54) is 16.9 Å². The summed E-state index contributed by atoms with van der Waals surface area (Å²) in [6.45, 7) is 5.56. The third kappa shape index (κ3) is 1.70. The van der Waals surface area contributed by atoms with Gasteiger partial charge in [-0.1, -0.05) is 6.92 Å². The highest BCUT2D eigenvalue weighted by Gasteiger charge is 2.31. The van der Waals surface area contributed by atoms with Crippen LogP contribution in [0.1, 0.15) is 23.8 Å². The summed E-state index contributed by atoms with van der Waals surface area (Å²) in [5.41, 5.74) is 1.47. The van der Waals surface area contributed by atoms with E-state index in [4.69, 9.17) is 0 Å². The second-order valence-electron chi connectivity index (χ2n) is 3.70. The first-order chi connectivity index (χ1) is 5.77. The van der Waals surface area contributed by atoms with Gasteiger partial charge in [0, 0.05) is 17.5 Å². The molecule has 2 atom stereocenters. The summed E-state index contributed by atoms with van der Waals surface area (Å²) >= 11 is 1.84. The zero-order valence-corrected chi connectivity index (χ0v) is 8.45. The zero-order chi connectivity index (χ0) is 8.55. The van der Waals surface area contributed by atoms with Crippen LogP contribution >= 0.6 is 11.3 Å². The lowest BCUT2D eigenvalue weighted by Crippen LogP contribution is -2.16. The molecule has 0 aromatic carbocycles. The van der Waals surface area contributed by atoms with Gasteiger partial charge in [0.25, 0.3) is 0 Å². The topological polar surface area (TPSA) is 12.0 Å². The fourth-order valence-electron chi connectivity index (χ4n) is 1.44. The lowest BCUT2D eigenvalue weighted by Gasteiger charge is -2.01. The molecule has 1 saturated carbocycles. The van der Waals surface area contributed by atoms with Crippen molar-refractivity contribution < 1.29 is 0 Å². The largest absolute Gasteiger partial charge is 0.310 e. The molecule has 2 unspecified atom stereocenters. The Kier molecular flexibility index (Phi) is 2.20. The third-order valence-electron chi connectivity index (χ3n) is 2.63. The van der Waals surface area contributed by atoms with Crippen LogP contribution in [0.4, 0.5) is 0 Å². The van der Waals surface area contributed by atoms with E-state index in [2.05, 4.69) is 30.6 Å². The number of rotatable bonds is 3. The van der Waals surface area contributed by atoms with Gasteiger partial charge in [-0.05, 0) is 36.3 Å². The Balaban J connectivity index is 1.84. The number of aryl methyl sites for hydroxylation is 1. The van der Waals surface area contributed by atoms with Gasteiger partial charge in [-0.25, -0.2) is 0 Å². The molecule has 2 rings (SSSR count). The van der Waals surface area contributed by atoms with E-state index in [-0.39, 0.29) is 0 Å². The summed E-state index contributed by atoms with van der Waals surface area (Å²) < 4.78 is 0. The Morgan fingerprint density at radius 3 is 2.92 bits per heavy atom. The normalized spacial score (nSPS) is 27.5. The maximum atomic E-state index is 3.56. The highest BCUT2D eigenvalue weighted by atomic mass is 32.1. The van der Waals surface area contributed by atoms with Crippen LogP contribution in [0, 0.1) is 12.8 Å². The maximum Gasteiger partial charge on any atom is 0.0219 e. The lowest BCUT2D eigenvalue weighted by atomic mass is 10.2. The van der Waals surface area contributed by atoms with E-state index in [0.29, 0.717) is 0 Å². The molecule has 0 aliphatic heterocycles. The van der Waals surface area contributed by atoms with Crippen molar-refractivity contribution in [3.05, 3.63) is 21.9 Å². The summed E-state index contributed by atoms with van der Waals surface area (Å²) in [4.78, 5) is 1.45. The quantitative estimate of drug-likeness (QED) is 0.755. The fourth-order valence-corrected chi connectivity index (χ4v) is 2.17. The molecule has 0 bridgehead atoms. The van der Waals surface area contributed by atoms with E-state index in [1.807, 2.05) is 11.3 Å². The van der Waals surface area contributed by atoms with Crippen LogP contribution in [0.2, 0.25) is 0 Å². The summed E-state index contributed by atoms with van der Waals surface area (Å²) in [5, 5.41) is 5.73. The van der Waals surface area contributed by atoms with Crippen LogP contribution in [0.25, 0.3) is 0 Å². The van der Waals surface area contributed by atoms with Gasteiger partial charge >= 0.3 is 0 Å². The third-order valence-corrected chi connectivity index (χ3v) is 3.52. The predicted octanol–water partition coefficient (Wildman–Crippen LogP) is 2.55. The van der Waals surface area contributed by atoms with Gasteiger partial charge in [-0.15, -0.1) is 11.3 Å². The average Bonchev–Trinajstić information content (AvgIpc) is 2.57. The highest BCUT2D eigenvalue weighted by Crippen LogP contribution is 2.29. The molecule has 0 amide bonds. The van der Waals surface area contributed by atoms with E-state index in [9.17, 15) is 0 Å². The number of hydrogen-bond donors (Lipinski definition) is 1. The standard InChI is InChI=1S/C10H15NS/c1-7-5-10(7)11-6-9-3-4-12-8(9)2/h3-4,7,10-11H,5-6H2,1-2H3. The minimum atomic E-state index is 0.796. The Labute approximate surface area is 77.8 Å². The van der Waals surface area contributed by atoms with Crippen molar-refractivity contribution in [1.82, 2.24) is 5.32 Å². The minimum Gasteiger partial charge on any atom is -0.310 e. The van der Waals surface area contributed by atoms with E-state index in [1.54, 1.807) is 0 Å². The molecular formula is C10H15NS. The Hall–Kier alpha value is -0.340. The smallest absolute Gasteiger partial charge is 0.0219 e. The molecule has 1 aromatic heterocycles. The Morgan fingerprint density at radius 1 is 1.67 bits per heavy atom. The molecular weight excluding hydrogens is 166 g/mol. The molecule has 0 spiro atoms. The van der Waals surface area contributed by atoms with E-state index < -0.39 is 0 Å². The van der Waals surface area contributed by atoms with Crippen LogP contribution in [0.5, 0.6) is 0 Å². The molecule has 1 heterocycles. The van der Waals surface area contributed by atoms with Crippen molar-refractivity contribution in [2.45, 2.75) is 32.9 Å². The molecule has 1 aliphatic rings. The second kappa shape index (κ2) is 3.19. The predicted molar refractivity (Wildman–Crippen MR) is 53.5 cm³/mol. The first-order valence-corrected chi connectivity index (χ1v) is 5.41. The molecule has 1 fully saturated rings. The average molecular weight is 181 g/mol. The molecule has 2 heteroatoms. The van der Waals surface area contributed by atoms with Crippen molar-refractivity contribution in [3.63, 3.8) is 0 Å². The molecule has 1 aliphatic carbocycles. The first kappa shape index (κ1) is 8.27. The number of nitrogens with one attached hydrogen (secondary N) is 1. The van der Waals surface area contributed by atoms with Crippen LogP contribution in [0.15, 0.2) is 11.4 Å². The van der Waals surface area contributed by atoms with Crippen LogP contribution in [-0.4, -0.2) is 6.04 Å². The van der Waals surface area contributed by atoms with Crippen molar-refractivity contribution in [3.8, 4) is 0 Å². The lowest BCUT2D eigenvalue weighted by molar-refractivity contribution is 0.652. The SMILES string of the molecule is Cc1sccc1CNC1CC1C. The Morgan fingerprint density at radius 2 is 2.42 bits per heavy atom. The van der Waals surface area contributed by atoms with Crippen LogP contribution in [-0.2, 0) is 6.54 Å². The Bertz CT molecular complexity index is 267. The highest BCUT2D eigenvalue weighted by molar-refractivity contribution is 7.10. The van der Waals surface area contributed by atoms with Crippen molar-refractivity contribution in [2.75, 3.05) is 0 Å². The van der Waals surface area contributed by atoms with Gasteiger partial charge in [-0.3, -0.25) is 0 Å². The summed E-state index contributed by atoms with van der Waals surface area (Å²) in [7, 11) is 0. The van der Waals surface area contributed by atoms with Gasteiger partial charge in [0.15, 0.2) is 0 Å². The van der Waals surface area contributed by atoms with Crippen molar-refractivity contribution >= 4 is 11.3 Å². The van der Waals surface area contributed by atoms with Gasteiger partial charge in [0.2, 0.25) is 0 Å². The van der Waals surface area contributed by atoms with Crippen LogP contribution in [0.3, 0.4) is 0 Å². The number of thiophene rings is 1. The molecule has 1 N–H and O–H groups in total. The zero-order valence-electron chi connectivity index (χ0n) is 7.63. The molecule has 1 nitrogen and oxygen atoms in total. The van der Waals surface area contributed by atoms with E-state index in [0.717, 1.165) is 18.5 Å². The second-order valence-corrected chi connectivity index (χ2v) is 4.82. The van der Waals surface area contributed by atoms with Gasteiger partial charge in [-0.2, -0.15) is 0 Å². The van der Waals surface area contributed by atoms with Crippen molar-refractivity contribution in [2.24, 2.45) is 5.92 Å². The summed E-state index contributed by atoms with van der Waals surface area (Å²) in [5.74, 6) is 0.906. The van der Waals surface area contributed by atoms with Gasteiger partial charge in [0.05, 0.1) is 0 Å². The van der Waals surface area contributed by atoms with Crippen LogP contribution < -0.4 is 5.32 Å². The van der Waals surface area contributed by atoms with Gasteiger partial charge in [0.1, 0.15) is 0 Å². The van der Waals surface area contributed by atoms with Gasteiger partial charge < -0.3 is 5.32 Å². The molecule has 12 heavy (non-hydrogen) atoms. The molecule has 1 aromatic rings. The summed E-state index contributed by atoms with van der Waals surface area (Å²) in [6.07, 6.45) is 1.36. The monoisotopic (exact) mass is 181 g/mol. The molecule has 0 radical (unpaired) electrons. The number of hydrogen-bond acceptors (Lipinski definition) is 2. The fraction of sp³-hybridized carbons (Fsp3) is 0.600. The maximum absolute atomic E-state index is 3.56. The molecule has 0 saturated heterocycles. The van der Waals surface area contributed by atoms with Crippen molar-refractivity contribution in [1.29, 1.82) is 0 Å². The summed E-state index contributed by atoms with van der Waals surface area (Å²) in [6, 6.07) is 3.02. The van der Waals surface area contributed by atoms with E-state index >= 15 is 0 Å². The minimum absolute atomic E-state index is 0.796.